The monoisotopic (exact) mass is 712 g/mol. The van der Waals surface area contributed by atoms with Crippen molar-refractivity contribution in [2.45, 2.75) is 0 Å². The molecule has 0 atom stereocenters. The lowest BCUT2D eigenvalue weighted by Gasteiger charge is -2.22. The second-order valence-corrected chi connectivity index (χ2v) is 13.6. The molecular formula is C50H28N6. The van der Waals surface area contributed by atoms with Gasteiger partial charge in [-0.05, 0) is 102 Å². The van der Waals surface area contributed by atoms with Crippen LogP contribution in [-0.2, 0) is 0 Å². The van der Waals surface area contributed by atoms with Crippen LogP contribution in [0, 0.1) is 22.7 Å². The Morgan fingerprint density at radius 2 is 0.643 bits per heavy atom. The Balaban J connectivity index is 1.21. The molecule has 0 aliphatic carbocycles. The molecule has 0 saturated carbocycles. The molecule has 56 heavy (non-hydrogen) atoms. The topological polar surface area (TPSA) is 99.1 Å². The summed E-state index contributed by atoms with van der Waals surface area (Å²) in [6.07, 6.45) is 7.12. The number of benzene rings is 6. The minimum absolute atomic E-state index is 0.549. The van der Waals surface area contributed by atoms with E-state index in [0.29, 0.717) is 33.9 Å². The summed E-state index contributed by atoms with van der Waals surface area (Å²) >= 11 is 0. The quantitative estimate of drug-likeness (QED) is 0.165. The van der Waals surface area contributed by atoms with Crippen molar-refractivity contribution in [3.05, 3.63) is 182 Å². The number of fused-ring (bicyclic) bond motifs is 4. The lowest BCUT2D eigenvalue weighted by Crippen LogP contribution is -1.95. The molecule has 4 aromatic heterocycles. The van der Waals surface area contributed by atoms with Crippen molar-refractivity contribution >= 4 is 43.1 Å². The third-order valence-corrected chi connectivity index (χ3v) is 10.5. The molecule has 0 saturated heterocycles. The molecule has 258 valence electrons. The van der Waals surface area contributed by atoms with Gasteiger partial charge in [0.2, 0.25) is 0 Å². The van der Waals surface area contributed by atoms with Crippen LogP contribution in [-0.4, -0.2) is 19.9 Å². The van der Waals surface area contributed by atoms with E-state index in [9.17, 15) is 10.5 Å². The number of nitrogens with zero attached hydrogens (tertiary/aromatic N) is 6. The zero-order chi connectivity index (χ0) is 37.6. The van der Waals surface area contributed by atoms with Crippen LogP contribution in [0.25, 0.3) is 99.2 Å². The fourth-order valence-electron chi connectivity index (χ4n) is 8.08. The van der Waals surface area contributed by atoms with Crippen LogP contribution in [0.2, 0.25) is 0 Å². The van der Waals surface area contributed by atoms with Gasteiger partial charge in [0.15, 0.2) is 0 Å². The summed E-state index contributed by atoms with van der Waals surface area (Å²) in [5, 5.41) is 28.0. The summed E-state index contributed by atoms with van der Waals surface area (Å²) in [7, 11) is 0. The lowest BCUT2D eigenvalue weighted by molar-refractivity contribution is 1.24. The molecule has 0 aliphatic heterocycles. The highest BCUT2D eigenvalue weighted by molar-refractivity contribution is 6.29. The lowest BCUT2D eigenvalue weighted by atomic mass is 9.81. The van der Waals surface area contributed by atoms with Crippen molar-refractivity contribution in [3.63, 3.8) is 0 Å². The summed E-state index contributed by atoms with van der Waals surface area (Å²) in [6, 6.07) is 54.1. The normalized spacial score (nSPS) is 11.2. The second kappa shape index (κ2) is 13.4. The Morgan fingerprint density at radius 1 is 0.321 bits per heavy atom. The molecule has 0 radical (unpaired) electrons. The highest BCUT2D eigenvalue weighted by atomic mass is 14.8. The predicted molar refractivity (Wildman–Crippen MR) is 224 cm³/mol. The van der Waals surface area contributed by atoms with Crippen LogP contribution in [0.15, 0.2) is 170 Å². The van der Waals surface area contributed by atoms with Gasteiger partial charge in [-0.15, -0.1) is 0 Å². The summed E-state index contributed by atoms with van der Waals surface area (Å²) in [5.41, 5.74) is 10.4. The van der Waals surface area contributed by atoms with E-state index in [1.165, 1.54) is 11.1 Å². The van der Waals surface area contributed by atoms with E-state index >= 15 is 0 Å². The summed E-state index contributed by atoms with van der Waals surface area (Å²) < 4.78 is 0. The van der Waals surface area contributed by atoms with Crippen molar-refractivity contribution in [2.24, 2.45) is 0 Å². The van der Waals surface area contributed by atoms with Crippen molar-refractivity contribution < 1.29 is 0 Å². The molecule has 0 N–H and O–H groups in total. The number of nitriles is 2. The summed E-state index contributed by atoms with van der Waals surface area (Å²) in [5.74, 6) is 0. The summed E-state index contributed by atoms with van der Waals surface area (Å²) in [4.78, 5) is 18.7. The molecule has 0 amide bonds. The minimum Gasteiger partial charge on any atom is -0.255 e. The Hall–Kier alpha value is -8.06. The Labute approximate surface area is 322 Å². The third-order valence-electron chi connectivity index (χ3n) is 10.5. The fourth-order valence-corrected chi connectivity index (χ4v) is 8.08. The standard InChI is InChI=1S/C50H28N6/c51-27-31-21-23-53-45(25-31)43-19-17-33(29-55-43)47-35-9-1-5-13-39(35)49(40-14-6-2-10-36(40)47)50-41-15-7-3-11-37(41)48(38-12-4-8-16-42(38)50)34-18-20-44(56-30-34)46-26-32(28-52)22-24-54-46/h1-26,29-30H. The van der Waals surface area contributed by atoms with Crippen molar-refractivity contribution in [1.29, 1.82) is 10.5 Å². The zero-order valence-electron chi connectivity index (χ0n) is 29.8. The van der Waals surface area contributed by atoms with Crippen molar-refractivity contribution in [3.8, 4) is 68.3 Å². The first-order valence-electron chi connectivity index (χ1n) is 18.2. The van der Waals surface area contributed by atoms with E-state index in [0.717, 1.165) is 65.3 Å². The number of hydrogen-bond donors (Lipinski definition) is 0. The SMILES string of the molecule is N#Cc1ccnc(-c2ccc(-c3c4ccccc4c(-c4c5ccccc5c(-c5ccc(-c6cc(C#N)ccn6)nc5)c5ccccc45)c4ccccc34)cn2)c1. The first-order valence-corrected chi connectivity index (χ1v) is 18.2. The Morgan fingerprint density at radius 3 is 0.929 bits per heavy atom. The van der Waals surface area contributed by atoms with Gasteiger partial charge in [0.25, 0.3) is 0 Å². The number of aromatic nitrogens is 4. The highest BCUT2D eigenvalue weighted by Crippen LogP contribution is 2.50. The smallest absolute Gasteiger partial charge is 0.0992 e. The number of hydrogen-bond acceptors (Lipinski definition) is 6. The maximum absolute atomic E-state index is 9.44. The predicted octanol–water partition coefficient (Wildman–Crippen LogP) is 12.0. The van der Waals surface area contributed by atoms with Gasteiger partial charge >= 0.3 is 0 Å². The van der Waals surface area contributed by atoms with Gasteiger partial charge in [-0.25, -0.2) is 0 Å². The molecule has 0 unspecified atom stereocenters. The molecule has 10 rings (SSSR count). The number of rotatable bonds is 5. The van der Waals surface area contributed by atoms with E-state index in [-0.39, 0.29) is 0 Å². The van der Waals surface area contributed by atoms with Crippen LogP contribution in [0.5, 0.6) is 0 Å². The largest absolute Gasteiger partial charge is 0.255 e. The molecule has 0 bridgehead atoms. The van der Waals surface area contributed by atoms with Crippen LogP contribution >= 0.6 is 0 Å². The van der Waals surface area contributed by atoms with Crippen LogP contribution in [0.1, 0.15) is 11.1 Å². The van der Waals surface area contributed by atoms with Crippen molar-refractivity contribution in [2.75, 3.05) is 0 Å². The van der Waals surface area contributed by atoms with Gasteiger partial charge in [0.1, 0.15) is 0 Å². The van der Waals surface area contributed by atoms with Gasteiger partial charge in [0, 0.05) is 35.9 Å². The van der Waals surface area contributed by atoms with Gasteiger partial charge in [0.05, 0.1) is 46.0 Å². The van der Waals surface area contributed by atoms with E-state index in [2.05, 4.69) is 131 Å². The second-order valence-electron chi connectivity index (χ2n) is 13.6. The third kappa shape index (κ3) is 5.33. The van der Waals surface area contributed by atoms with Crippen LogP contribution in [0.4, 0.5) is 0 Å². The van der Waals surface area contributed by atoms with Crippen LogP contribution in [0.3, 0.4) is 0 Å². The van der Waals surface area contributed by atoms with Gasteiger partial charge in [-0.1, -0.05) is 109 Å². The van der Waals surface area contributed by atoms with E-state index < -0.39 is 0 Å². The fraction of sp³-hybridized carbons (Fsp3) is 0. The van der Waals surface area contributed by atoms with Crippen molar-refractivity contribution in [1.82, 2.24) is 19.9 Å². The van der Waals surface area contributed by atoms with E-state index in [1.807, 2.05) is 24.5 Å². The molecule has 0 fully saturated rings. The average Bonchev–Trinajstić information content (AvgIpc) is 3.28. The molecule has 6 aromatic carbocycles. The van der Waals surface area contributed by atoms with E-state index in [4.69, 9.17) is 9.97 Å². The molecule has 10 aromatic rings. The molecule has 6 heteroatoms. The van der Waals surface area contributed by atoms with E-state index in [1.54, 1.807) is 36.7 Å². The van der Waals surface area contributed by atoms with Crippen LogP contribution < -0.4 is 0 Å². The van der Waals surface area contributed by atoms with Gasteiger partial charge in [-0.3, -0.25) is 19.9 Å². The zero-order valence-corrected chi connectivity index (χ0v) is 29.8. The first-order chi connectivity index (χ1) is 27.7. The maximum Gasteiger partial charge on any atom is 0.0992 e. The Kier molecular flexibility index (Phi) is 7.80. The first kappa shape index (κ1) is 32.6. The molecule has 0 aliphatic rings. The molecular weight excluding hydrogens is 685 g/mol. The minimum atomic E-state index is 0.549. The molecule has 0 spiro atoms. The highest BCUT2D eigenvalue weighted by Gasteiger charge is 2.22. The Bertz CT molecular complexity index is 2930. The van der Waals surface area contributed by atoms with Gasteiger partial charge < -0.3 is 0 Å². The van der Waals surface area contributed by atoms with Gasteiger partial charge in [-0.2, -0.15) is 10.5 Å². The average molecular weight is 713 g/mol. The molecule has 4 heterocycles. The molecule has 6 nitrogen and oxygen atoms in total. The maximum atomic E-state index is 9.44. The summed E-state index contributed by atoms with van der Waals surface area (Å²) in [6.45, 7) is 0. The number of pyridine rings is 4.